The van der Waals surface area contributed by atoms with Crippen molar-refractivity contribution in [3.05, 3.63) is 17.8 Å². The molecule has 0 amide bonds. The number of thiophene rings is 1. The summed E-state index contributed by atoms with van der Waals surface area (Å²) in [4.78, 5) is 20.5. The van der Waals surface area contributed by atoms with Crippen LogP contribution in [0, 0.1) is 0 Å². The molecule has 0 aliphatic heterocycles. The predicted octanol–water partition coefficient (Wildman–Crippen LogP) is 2.89. The number of rotatable bonds is 4. The topological polar surface area (TPSA) is 75.1 Å². The van der Waals surface area contributed by atoms with Crippen molar-refractivity contribution in [2.75, 3.05) is 5.32 Å². The van der Waals surface area contributed by atoms with Crippen LogP contribution in [0.1, 0.15) is 32.1 Å². The Morgan fingerprint density at radius 2 is 2.21 bits per heavy atom. The number of aromatic nitrogens is 2. The van der Waals surface area contributed by atoms with Crippen molar-refractivity contribution in [1.82, 2.24) is 9.97 Å². The zero-order valence-electron chi connectivity index (χ0n) is 10.4. The molecule has 2 aromatic heterocycles. The van der Waals surface area contributed by atoms with E-state index in [0.29, 0.717) is 0 Å². The van der Waals surface area contributed by atoms with Gasteiger partial charge in [-0.2, -0.15) is 0 Å². The minimum atomic E-state index is -0.759. The maximum atomic E-state index is 11.1. The van der Waals surface area contributed by atoms with Gasteiger partial charge >= 0.3 is 5.97 Å². The van der Waals surface area contributed by atoms with Crippen LogP contribution in [-0.4, -0.2) is 26.6 Å². The second-order valence-corrected chi connectivity index (χ2v) is 5.94. The van der Waals surface area contributed by atoms with Crippen LogP contribution in [0.3, 0.4) is 0 Å². The van der Waals surface area contributed by atoms with Crippen LogP contribution in [0.15, 0.2) is 17.8 Å². The van der Waals surface area contributed by atoms with Crippen molar-refractivity contribution in [2.45, 2.75) is 37.6 Å². The molecule has 0 spiro atoms. The summed E-state index contributed by atoms with van der Waals surface area (Å²) < 4.78 is 0. The van der Waals surface area contributed by atoms with Gasteiger partial charge in [-0.3, -0.25) is 4.79 Å². The SMILES string of the molecule is O=C(O)CC1(Nc2ncnc3sccc23)CCCC1. The van der Waals surface area contributed by atoms with Gasteiger partial charge in [-0.05, 0) is 24.3 Å². The Hall–Kier alpha value is -1.69. The molecule has 1 fully saturated rings. The van der Waals surface area contributed by atoms with E-state index in [0.717, 1.165) is 41.7 Å². The van der Waals surface area contributed by atoms with Crippen LogP contribution in [0.2, 0.25) is 0 Å². The molecular weight excluding hydrogens is 262 g/mol. The first-order chi connectivity index (χ1) is 9.19. The summed E-state index contributed by atoms with van der Waals surface area (Å²) in [5, 5.41) is 15.5. The molecule has 0 radical (unpaired) electrons. The van der Waals surface area contributed by atoms with E-state index in [-0.39, 0.29) is 12.0 Å². The number of aliphatic carboxylic acids is 1. The lowest BCUT2D eigenvalue weighted by Crippen LogP contribution is -2.37. The average Bonchev–Trinajstić information content (AvgIpc) is 2.98. The Morgan fingerprint density at radius 1 is 1.42 bits per heavy atom. The molecule has 0 saturated heterocycles. The van der Waals surface area contributed by atoms with Crippen LogP contribution in [0.5, 0.6) is 0 Å². The molecule has 3 rings (SSSR count). The molecular formula is C13H15N3O2S. The fourth-order valence-electron chi connectivity index (χ4n) is 2.83. The third kappa shape index (κ3) is 2.40. The number of hydrogen-bond acceptors (Lipinski definition) is 5. The molecule has 0 atom stereocenters. The normalized spacial score (nSPS) is 17.7. The van der Waals surface area contributed by atoms with Crippen LogP contribution in [-0.2, 0) is 4.79 Å². The minimum absolute atomic E-state index is 0.142. The van der Waals surface area contributed by atoms with Gasteiger partial charge in [-0.25, -0.2) is 9.97 Å². The highest BCUT2D eigenvalue weighted by atomic mass is 32.1. The Bertz CT molecular complexity index is 605. The van der Waals surface area contributed by atoms with E-state index in [1.54, 1.807) is 11.3 Å². The second-order valence-electron chi connectivity index (χ2n) is 5.04. The molecule has 2 heterocycles. The maximum absolute atomic E-state index is 11.1. The quantitative estimate of drug-likeness (QED) is 0.898. The van der Waals surface area contributed by atoms with Gasteiger partial charge in [0.25, 0.3) is 0 Å². The molecule has 2 N–H and O–H groups in total. The first-order valence-electron chi connectivity index (χ1n) is 6.37. The van der Waals surface area contributed by atoms with Crippen LogP contribution in [0.25, 0.3) is 10.2 Å². The summed E-state index contributed by atoms with van der Waals surface area (Å²) in [7, 11) is 0. The van der Waals surface area contributed by atoms with Gasteiger partial charge in [-0.15, -0.1) is 11.3 Å². The van der Waals surface area contributed by atoms with Crippen LogP contribution >= 0.6 is 11.3 Å². The molecule has 1 aliphatic carbocycles. The second kappa shape index (κ2) is 4.77. The zero-order chi connectivity index (χ0) is 13.3. The van der Waals surface area contributed by atoms with E-state index in [4.69, 9.17) is 5.11 Å². The Morgan fingerprint density at radius 3 is 2.95 bits per heavy atom. The Kier molecular flexibility index (Phi) is 3.10. The van der Waals surface area contributed by atoms with Crippen molar-refractivity contribution in [1.29, 1.82) is 0 Å². The number of fused-ring (bicyclic) bond motifs is 1. The number of carboxylic acids is 1. The summed E-state index contributed by atoms with van der Waals surface area (Å²) in [6.45, 7) is 0. The van der Waals surface area contributed by atoms with Crippen molar-refractivity contribution < 1.29 is 9.90 Å². The first kappa shape index (κ1) is 12.3. The number of carboxylic acid groups (broad SMARTS) is 1. The van der Waals surface area contributed by atoms with Gasteiger partial charge in [0, 0.05) is 5.54 Å². The number of nitrogens with zero attached hydrogens (tertiary/aromatic N) is 2. The highest BCUT2D eigenvalue weighted by molar-refractivity contribution is 7.16. The van der Waals surface area contributed by atoms with Gasteiger partial charge in [0.1, 0.15) is 17.0 Å². The van der Waals surface area contributed by atoms with Gasteiger partial charge in [0.05, 0.1) is 11.8 Å². The molecule has 1 saturated carbocycles. The number of carbonyl (C=O) groups is 1. The highest BCUT2D eigenvalue weighted by Crippen LogP contribution is 2.37. The van der Waals surface area contributed by atoms with Crippen molar-refractivity contribution in [2.24, 2.45) is 0 Å². The summed E-state index contributed by atoms with van der Waals surface area (Å²) in [5.74, 6) is -0.000538. The fourth-order valence-corrected chi connectivity index (χ4v) is 3.56. The van der Waals surface area contributed by atoms with E-state index >= 15 is 0 Å². The smallest absolute Gasteiger partial charge is 0.305 e. The largest absolute Gasteiger partial charge is 0.481 e. The van der Waals surface area contributed by atoms with E-state index in [2.05, 4.69) is 15.3 Å². The number of anilines is 1. The van der Waals surface area contributed by atoms with E-state index in [1.807, 2.05) is 11.4 Å². The zero-order valence-corrected chi connectivity index (χ0v) is 11.2. The van der Waals surface area contributed by atoms with E-state index < -0.39 is 5.97 Å². The van der Waals surface area contributed by atoms with Crippen molar-refractivity contribution in [3.63, 3.8) is 0 Å². The molecule has 2 aromatic rings. The molecule has 6 heteroatoms. The van der Waals surface area contributed by atoms with Crippen LogP contribution < -0.4 is 5.32 Å². The summed E-state index contributed by atoms with van der Waals surface area (Å²) in [5.41, 5.74) is -0.352. The summed E-state index contributed by atoms with van der Waals surface area (Å²) in [6.07, 6.45) is 5.58. The standard InChI is InChI=1S/C13H15N3O2S/c17-10(18)7-13(4-1-2-5-13)16-11-9-3-6-19-12(9)15-8-14-11/h3,6,8H,1-2,4-5,7H2,(H,17,18)(H,14,15,16). The molecule has 0 bridgehead atoms. The Labute approximate surface area is 114 Å². The van der Waals surface area contributed by atoms with Crippen LogP contribution in [0.4, 0.5) is 5.82 Å². The predicted molar refractivity (Wildman–Crippen MR) is 74.5 cm³/mol. The molecule has 1 aliphatic rings. The van der Waals surface area contributed by atoms with Gasteiger partial charge < -0.3 is 10.4 Å². The first-order valence-corrected chi connectivity index (χ1v) is 7.25. The molecule has 0 unspecified atom stereocenters. The lowest BCUT2D eigenvalue weighted by molar-refractivity contribution is -0.138. The number of hydrogen-bond donors (Lipinski definition) is 2. The van der Waals surface area contributed by atoms with Gasteiger partial charge in [0.15, 0.2) is 0 Å². The molecule has 5 nitrogen and oxygen atoms in total. The van der Waals surface area contributed by atoms with E-state index in [1.165, 1.54) is 6.33 Å². The van der Waals surface area contributed by atoms with Crippen molar-refractivity contribution in [3.8, 4) is 0 Å². The van der Waals surface area contributed by atoms with Gasteiger partial charge in [0.2, 0.25) is 0 Å². The maximum Gasteiger partial charge on any atom is 0.305 e. The third-order valence-corrected chi connectivity index (χ3v) is 4.52. The third-order valence-electron chi connectivity index (χ3n) is 3.70. The lowest BCUT2D eigenvalue weighted by Gasteiger charge is -2.29. The van der Waals surface area contributed by atoms with Crippen molar-refractivity contribution >= 4 is 33.3 Å². The average molecular weight is 277 g/mol. The fraction of sp³-hybridized carbons (Fsp3) is 0.462. The monoisotopic (exact) mass is 277 g/mol. The molecule has 0 aromatic carbocycles. The summed E-state index contributed by atoms with van der Waals surface area (Å²) >= 11 is 1.56. The van der Waals surface area contributed by atoms with E-state index in [9.17, 15) is 4.79 Å². The molecule has 19 heavy (non-hydrogen) atoms. The lowest BCUT2D eigenvalue weighted by atomic mass is 9.93. The molecule has 100 valence electrons. The Balaban J connectivity index is 1.93. The number of nitrogens with one attached hydrogen (secondary N) is 1. The highest BCUT2D eigenvalue weighted by Gasteiger charge is 2.36. The minimum Gasteiger partial charge on any atom is -0.481 e. The van der Waals surface area contributed by atoms with Gasteiger partial charge in [-0.1, -0.05) is 12.8 Å². The summed E-state index contributed by atoms with van der Waals surface area (Å²) in [6, 6.07) is 1.98.